The van der Waals surface area contributed by atoms with Crippen molar-refractivity contribution >= 4 is 34.1 Å². The molecule has 2 aliphatic rings. The topological polar surface area (TPSA) is 103 Å². The third kappa shape index (κ3) is 9.34. The second-order valence-electron chi connectivity index (χ2n) is 8.26. The van der Waals surface area contributed by atoms with Crippen LogP contribution in [0.5, 0.6) is 0 Å². The van der Waals surface area contributed by atoms with E-state index in [1.54, 1.807) is 29.2 Å². The van der Waals surface area contributed by atoms with Crippen LogP contribution < -0.4 is 15.1 Å². The predicted molar refractivity (Wildman–Crippen MR) is 138 cm³/mol. The third-order valence-corrected chi connectivity index (χ3v) is 5.68. The van der Waals surface area contributed by atoms with Crippen LogP contribution in [0.4, 0.5) is 20.2 Å². The highest BCUT2D eigenvalue weighted by atomic mass is 35.5. The normalized spacial score (nSPS) is 14.7. The summed E-state index contributed by atoms with van der Waals surface area (Å²) < 4.78 is 27.4. The number of rotatable bonds is 2. The number of hydrogen-bond acceptors (Lipinski definition) is 7. The molecule has 4 rings (SSSR count). The molecule has 196 valence electrons. The van der Waals surface area contributed by atoms with Gasteiger partial charge in [-0.3, -0.25) is 9.59 Å². The first-order valence-electron chi connectivity index (χ1n) is 11.7. The molecule has 0 radical (unpaired) electrons. The van der Waals surface area contributed by atoms with Gasteiger partial charge in [-0.15, -0.1) is 0 Å². The van der Waals surface area contributed by atoms with Crippen molar-refractivity contribution < 1.29 is 18.4 Å². The van der Waals surface area contributed by atoms with Crippen LogP contribution in [0.1, 0.15) is 25.0 Å². The number of nitrogens with zero attached hydrogens (tertiary/aromatic N) is 5. The minimum absolute atomic E-state index is 0.0509. The Kier molecular flexibility index (Phi) is 11.8. The van der Waals surface area contributed by atoms with Gasteiger partial charge in [0, 0.05) is 66.2 Å². The van der Waals surface area contributed by atoms with Crippen molar-refractivity contribution in [3.63, 3.8) is 0 Å². The molecule has 0 aliphatic carbocycles. The number of halogens is 3. The van der Waals surface area contributed by atoms with E-state index in [9.17, 15) is 18.4 Å². The third-order valence-electron chi connectivity index (χ3n) is 5.68. The number of nitrogens with one attached hydrogen (secondary N) is 1. The quantitative estimate of drug-likeness (QED) is 0.594. The van der Waals surface area contributed by atoms with Crippen LogP contribution in [0, 0.1) is 34.3 Å². The molecular weight excluding hydrogens is 502 g/mol. The Labute approximate surface area is 220 Å². The van der Waals surface area contributed by atoms with Crippen LogP contribution in [0.3, 0.4) is 0 Å². The first-order valence-corrected chi connectivity index (χ1v) is 12.1. The van der Waals surface area contributed by atoms with Gasteiger partial charge >= 0.3 is 0 Å². The van der Waals surface area contributed by atoms with Crippen LogP contribution in [0.25, 0.3) is 0 Å². The largest absolute Gasteiger partial charge is 0.367 e. The summed E-state index contributed by atoms with van der Waals surface area (Å²) in [6, 6.07) is 12.9. The fraction of sp³-hybridized carbons (Fsp3) is 0.385. The molecular formula is C26H29ClF2N6O2. The van der Waals surface area contributed by atoms with Gasteiger partial charge in [-0.1, -0.05) is 0 Å². The second-order valence-corrected chi connectivity index (χ2v) is 8.79. The molecule has 2 aromatic rings. The monoisotopic (exact) mass is 530 g/mol. The zero-order chi connectivity index (χ0) is 27.4. The summed E-state index contributed by atoms with van der Waals surface area (Å²) in [5.74, 6) is -0.642. The summed E-state index contributed by atoms with van der Waals surface area (Å²) in [5, 5.41) is 20.2. The zero-order valence-corrected chi connectivity index (χ0v) is 21.6. The highest BCUT2D eigenvalue weighted by Gasteiger charge is 2.21. The van der Waals surface area contributed by atoms with E-state index in [1.807, 2.05) is 21.9 Å². The van der Waals surface area contributed by atoms with E-state index < -0.39 is 0 Å². The SMILES string of the molecule is CC(=O)Cl.CC(=O)N1CCN(c2ccc(C#N)cc2F)CC1.N#Cc1ccc(N2CCNCC2)c(F)c1. The lowest BCUT2D eigenvalue weighted by atomic mass is 10.2. The Morgan fingerprint density at radius 2 is 1.22 bits per heavy atom. The summed E-state index contributed by atoms with van der Waals surface area (Å²) in [4.78, 5) is 26.0. The van der Waals surface area contributed by atoms with Crippen LogP contribution in [-0.2, 0) is 9.59 Å². The summed E-state index contributed by atoms with van der Waals surface area (Å²) in [5.41, 5.74) is 1.78. The molecule has 2 heterocycles. The minimum Gasteiger partial charge on any atom is -0.367 e. The van der Waals surface area contributed by atoms with E-state index in [-0.39, 0.29) is 22.8 Å². The molecule has 2 aliphatic heterocycles. The maximum absolute atomic E-state index is 13.8. The van der Waals surface area contributed by atoms with Crippen molar-refractivity contribution in [3.8, 4) is 12.1 Å². The molecule has 1 amide bonds. The van der Waals surface area contributed by atoms with E-state index in [0.717, 1.165) is 26.2 Å². The van der Waals surface area contributed by atoms with Gasteiger partial charge in [-0.05, 0) is 48.0 Å². The Bertz CT molecular complexity index is 1160. The molecule has 0 atom stereocenters. The van der Waals surface area contributed by atoms with E-state index in [1.165, 1.54) is 26.0 Å². The van der Waals surface area contributed by atoms with Crippen LogP contribution in [0.15, 0.2) is 36.4 Å². The molecule has 2 fully saturated rings. The lowest BCUT2D eigenvalue weighted by Crippen LogP contribution is -2.48. The molecule has 0 spiro atoms. The van der Waals surface area contributed by atoms with Crippen molar-refractivity contribution in [2.75, 3.05) is 62.2 Å². The average molecular weight is 531 g/mol. The number of nitriles is 2. The minimum atomic E-state index is -0.384. The van der Waals surface area contributed by atoms with Gasteiger partial charge in [0.1, 0.15) is 11.6 Å². The van der Waals surface area contributed by atoms with Gasteiger partial charge in [0.15, 0.2) is 0 Å². The molecule has 11 heteroatoms. The summed E-state index contributed by atoms with van der Waals surface area (Å²) in [6.07, 6.45) is 0. The molecule has 0 bridgehead atoms. The molecule has 0 aromatic heterocycles. The average Bonchev–Trinajstić information content (AvgIpc) is 2.89. The highest BCUT2D eigenvalue weighted by molar-refractivity contribution is 6.62. The Morgan fingerprint density at radius 3 is 1.57 bits per heavy atom. The van der Waals surface area contributed by atoms with Crippen LogP contribution in [-0.4, -0.2) is 68.4 Å². The van der Waals surface area contributed by atoms with Crippen LogP contribution >= 0.6 is 11.6 Å². The maximum Gasteiger partial charge on any atom is 0.219 e. The fourth-order valence-electron chi connectivity index (χ4n) is 3.83. The van der Waals surface area contributed by atoms with Gasteiger partial charge in [0.05, 0.1) is 34.6 Å². The summed E-state index contributed by atoms with van der Waals surface area (Å²) in [6.45, 7) is 8.64. The summed E-state index contributed by atoms with van der Waals surface area (Å²) in [7, 11) is 0. The van der Waals surface area contributed by atoms with Gasteiger partial charge in [-0.2, -0.15) is 10.5 Å². The molecule has 0 unspecified atom stereocenters. The Balaban J connectivity index is 0.000000230. The number of carbonyl (C=O) groups is 2. The first kappa shape index (κ1) is 29.5. The van der Waals surface area contributed by atoms with Gasteiger partial charge in [-0.25, -0.2) is 8.78 Å². The molecule has 2 saturated heterocycles. The molecule has 8 nitrogen and oxygen atoms in total. The lowest BCUT2D eigenvalue weighted by molar-refractivity contribution is -0.129. The maximum atomic E-state index is 13.8. The number of anilines is 2. The number of amides is 1. The second kappa shape index (κ2) is 14.7. The van der Waals surface area contributed by atoms with Gasteiger partial charge in [0.2, 0.25) is 11.1 Å². The van der Waals surface area contributed by atoms with Crippen molar-refractivity contribution in [1.82, 2.24) is 10.2 Å². The van der Waals surface area contributed by atoms with Crippen molar-refractivity contribution in [2.24, 2.45) is 0 Å². The van der Waals surface area contributed by atoms with Crippen molar-refractivity contribution in [3.05, 3.63) is 59.2 Å². The molecule has 2 aromatic carbocycles. The fourth-order valence-corrected chi connectivity index (χ4v) is 3.83. The van der Waals surface area contributed by atoms with E-state index in [0.29, 0.717) is 48.7 Å². The number of benzene rings is 2. The van der Waals surface area contributed by atoms with E-state index in [2.05, 4.69) is 16.9 Å². The van der Waals surface area contributed by atoms with Gasteiger partial charge in [0.25, 0.3) is 0 Å². The molecule has 37 heavy (non-hydrogen) atoms. The van der Waals surface area contributed by atoms with Crippen LogP contribution in [0.2, 0.25) is 0 Å². The molecule has 1 N–H and O–H groups in total. The summed E-state index contributed by atoms with van der Waals surface area (Å²) >= 11 is 4.64. The van der Waals surface area contributed by atoms with Gasteiger partial charge < -0.3 is 20.0 Å². The smallest absolute Gasteiger partial charge is 0.219 e. The van der Waals surface area contributed by atoms with E-state index in [4.69, 9.17) is 10.5 Å². The van der Waals surface area contributed by atoms with E-state index >= 15 is 0 Å². The number of piperazine rings is 2. The number of hydrogen-bond donors (Lipinski definition) is 1. The lowest BCUT2D eigenvalue weighted by Gasteiger charge is -2.35. The standard InChI is InChI=1S/C13H14FN3O.C11H12FN3.C2H3ClO/c1-10(18)16-4-6-17(7-5-16)13-3-2-11(9-15)8-12(13)14;12-10-7-9(8-13)1-2-11(10)15-5-3-14-4-6-15;1-2(3)4/h2-3,8H,4-7H2,1H3;1-2,7,14H,3-6H2;1H3. The highest BCUT2D eigenvalue weighted by Crippen LogP contribution is 2.22. The predicted octanol–water partition coefficient (Wildman–Crippen LogP) is 3.24. The Morgan fingerprint density at radius 1 is 0.811 bits per heavy atom. The van der Waals surface area contributed by atoms with Crippen molar-refractivity contribution in [2.45, 2.75) is 13.8 Å². The zero-order valence-electron chi connectivity index (χ0n) is 20.8. The molecule has 0 saturated carbocycles. The Hall–Kier alpha value is -3.73. The number of carbonyl (C=O) groups excluding carboxylic acids is 2. The first-order chi connectivity index (χ1) is 17.7. The van der Waals surface area contributed by atoms with Crippen molar-refractivity contribution in [1.29, 1.82) is 10.5 Å².